The van der Waals surface area contributed by atoms with Crippen LogP contribution in [0, 0.1) is 4.91 Å². The lowest BCUT2D eigenvalue weighted by molar-refractivity contribution is -0.146. The average Bonchev–Trinajstić information content (AvgIpc) is 2.34. The highest BCUT2D eigenvalue weighted by atomic mass is 19.4. The third kappa shape index (κ3) is 3.35. The first kappa shape index (κ1) is 14.3. The Morgan fingerprint density at radius 1 is 1.22 bits per heavy atom. The number of benzene rings is 1. The van der Waals surface area contributed by atoms with Crippen molar-refractivity contribution in [3.63, 3.8) is 0 Å². The summed E-state index contributed by atoms with van der Waals surface area (Å²) in [5.74, 6) is 0.714. The Morgan fingerprint density at radius 3 is 2.28 bits per heavy atom. The third-order valence-corrected chi connectivity index (χ3v) is 2.38. The van der Waals surface area contributed by atoms with E-state index < -0.39 is 18.6 Å². The minimum Gasteiger partial charge on any atom is -0.493 e. The summed E-state index contributed by atoms with van der Waals surface area (Å²) in [4.78, 5) is 10.2. The largest absolute Gasteiger partial charge is 0.493 e. The molecule has 0 aliphatic heterocycles. The molecule has 1 unspecified atom stereocenters. The molecule has 0 aliphatic carbocycles. The molecule has 1 aromatic carbocycles. The van der Waals surface area contributed by atoms with E-state index in [1.165, 1.54) is 32.4 Å². The van der Waals surface area contributed by atoms with Crippen molar-refractivity contribution >= 4 is 0 Å². The monoisotopic (exact) mass is 263 g/mol. The van der Waals surface area contributed by atoms with Gasteiger partial charge < -0.3 is 9.47 Å². The molecule has 0 saturated heterocycles. The van der Waals surface area contributed by atoms with E-state index in [1.54, 1.807) is 0 Å². The van der Waals surface area contributed by atoms with Crippen molar-refractivity contribution in [3.05, 3.63) is 28.7 Å². The molecule has 4 nitrogen and oxygen atoms in total. The van der Waals surface area contributed by atoms with Gasteiger partial charge in [-0.3, -0.25) is 0 Å². The Balaban J connectivity index is 2.94. The second-order valence-corrected chi connectivity index (χ2v) is 3.56. The summed E-state index contributed by atoms with van der Waals surface area (Å²) in [7, 11) is 2.80. The van der Waals surface area contributed by atoms with Crippen LogP contribution in [0.5, 0.6) is 11.5 Å². The molecule has 0 amide bonds. The SMILES string of the molecule is COc1ccc(CC(N=O)C(F)(F)F)cc1OC. The smallest absolute Gasteiger partial charge is 0.414 e. The molecule has 1 rings (SSSR count). The molecule has 0 bridgehead atoms. The summed E-state index contributed by atoms with van der Waals surface area (Å²) in [6.07, 6.45) is -5.16. The zero-order valence-electron chi connectivity index (χ0n) is 9.82. The lowest BCUT2D eigenvalue weighted by Crippen LogP contribution is -2.28. The molecule has 0 N–H and O–H groups in total. The first-order valence-corrected chi connectivity index (χ1v) is 5.02. The van der Waals surface area contributed by atoms with Crippen molar-refractivity contribution in [2.24, 2.45) is 5.18 Å². The van der Waals surface area contributed by atoms with Crippen molar-refractivity contribution < 1.29 is 22.6 Å². The Kier molecular flexibility index (Phi) is 4.52. The molecule has 0 spiro atoms. The van der Waals surface area contributed by atoms with E-state index in [2.05, 4.69) is 5.18 Å². The van der Waals surface area contributed by atoms with Crippen LogP contribution in [0.3, 0.4) is 0 Å². The second kappa shape index (κ2) is 5.70. The van der Waals surface area contributed by atoms with Gasteiger partial charge in [-0.05, 0) is 17.7 Å². The van der Waals surface area contributed by atoms with Crippen LogP contribution >= 0.6 is 0 Å². The highest BCUT2D eigenvalue weighted by Crippen LogP contribution is 2.31. The highest BCUT2D eigenvalue weighted by molar-refractivity contribution is 5.43. The standard InChI is InChI=1S/C11H12F3NO3/c1-17-8-4-3-7(5-9(8)18-2)6-10(15-16)11(12,13)14/h3-5,10H,6H2,1-2H3. The Labute approximate surface area is 102 Å². The van der Waals surface area contributed by atoms with Gasteiger partial charge in [0.2, 0.25) is 0 Å². The van der Waals surface area contributed by atoms with E-state index >= 15 is 0 Å². The molecule has 100 valence electrons. The van der Waals surface area contributed by atoms with Crippen LogP contribution in [0.2, 0.25) is 0 Å². The summed E-state index contributed by atoms with van der Waals surface area (Å²) >= 11 is 0. The van der Waals surface area contributed by atoms with E-state index in [0.29, 0.717) is 17.1 Å². The van der Waals surface area contributed by atoms with Gasteiger partial charge in [0, 0.05) is 6.42 Å². The summed E-state index contributed by atoms with van der Waals surface area (Å²) < 4.78 is 47.1. The van der Waals surface area contributed by atoms with Crippen molar-refractivity contribution in [2.75, 3.05) is 14.2 Å². The van der Waals surface area contributed by atoms with E-state index in [4.69, 9.17) is 9.47 Å². The summed E-state index contributed by atoms with van der Waals surface area (Å²) in [6.45, 7) is 0. The minimum absolute atomic E-state index is 0.301. The highest BCUT2D eigenvalue weighted by Gasteiger charge is 2.41. The minimum atomic E-state index is -4.64. The van der Waals surface area contributed by atoms with Crippen LogP contribution in [0.1, 0.15) is 5.56 Å². The van der Waals surface area contributed by atoms with Crippen molar-refractivity contribution in [1.29, 1.82) is 0 Å². The number of hydrogen-bond donors (Lipinski definition) is 0. The van der Waals surface area contributed by atoms with E-state index in [-0.39, 0.29) is 0 Å². The number of rotatable bonds is 5. The van der Waals surface area contributed by atoms with Gasteiger partial charge in [-0.25, -0.2) is 0 Å². The fourth-order valence-corrected chi connectivity index (χ4v) is 1.44. The number of nitrogens with zero attached hydrogens (tertiary/aromatic N) is 1. The maximum atomic E-state index is 12.4. The van der Waals surface area contributed by atoms with E-state index in [9.17, 15) is 18.1 Å². The molecule has 1 atom stereocenters. The van der Waals surface area contributed by atoms with Gasteiger partial charge in [0.1, 0.15) is 0 Å². The summed E-state index contributed by atoms with van der Waals surface area (Å²) in [6, 6.07) is 2.05. The van der Waals surface area contributed by atoms with Gasteiger partial charge in [-0.15, -0.1) is 0 Å². The lowest BCUT2D eigenvalue weighted by Gasteiger charge is -2.14. The fraction of sp³-hybridized carbons (Fsp3) is 0.455. The van der Waals surface area contributed by atoms with Gasteiger partial charge in [0.15, 0.2) is 17.5 Å². The predicted octanol–water partition coefficient (Wildman–Crippen LogP) is 2.94. The molecular formula is C11H12F3NO3. The van der Waals surface area contributed by atoms with Crippen LogP contribution in [-0.4, -0.2) is 26.4 Å². The molecule has 1 aromatic rings. The Hall–Kier alpha value is -1.79. The van der Waals surface area contributed by atoms with Crippen LogP contribution in [0.25, 0.3) is 0 Å². The predicted molar refractivity (Wildman–Crippen MR) is 58.9 cm³/mol. The quantitative estimate of drug-likeness (QED) is 0.767. The molecule has 0 fully saturated rings. The average molecular weight is 263 g/mol. The number of methoxy groups -OCH3 is 2. The van der Waals surface area contributed by atoms with Crippen molar-refractivity contribution in [2.45, 2.75) is 18.6 Å². The van der Waals surface area contributed by atoms with Crippen LogP contribution in [-0.2, 0) is 6.42 Å². The normalized spacial score (nSPS) is 12.9. The van der Waals surface area contributed by atoms with Crippen LogP contribution < -0.4 is 9.47 Å². The van der Waals surface area contributed by atoms with Crippen LogP contribution in [0.4, 0.5) is 13.2 Å². The summed E-state index contributed by atoms with van der Waals surface area (Å²) in [5.41, 5.74) is 0.301. The number of halogens is 3. The summed E-state index contributed by atoms with van der Waals surface area (Å²) in [5, 5.41) is 2.11. The molecule has 0 saturated carbocycles. The fourth-order valence-electron chi connectivity index (χ4n) is 1.44. The molecule has 0 heterocycles. The third-order valence-electron chi connectivity index (χ3n) is 2.38. The number of hydrogen-bond acceptors (Lipinski definition) is 4. The van der Waals surface area contributed by atoms with Gasteiger partial charge in [0.05, 0.1) is 14.2 Å². The number of nitroso groups, excluding NO2 is 1. The molecule has 0 aliphatic rings. The molecule has 0 aromatic heterocycles. The first-order valence-electron chi connectivity index (χ1n) is 5.02. The second-order valence-electron chi connectivity index (χ2n) is 3.56. The van der Waals surface area contributed by atoms with Crippen molar-refractivity contribution in [1.82, 2.24) is 0 Å². The maximum Gasteiger partial charge on any atom is 0.414 e. The van der Waals surface area contributed by atoms with Gasteiger partial charge in [0.25, 0.3) is 0 Å². The molecule has 7 heteroatoms. The lowest BCUT2D eigenvalue weighted by atomic mass is 10.1. The number of alkyl halides is 3. The number of ether oxygens (including phenoxy) is 2. The van der Waals surface area contributed by atoms with Crippen molar-refractivity contribution in [3.8, 4) is 11.5 Å². The zero-order valence-corrected chi connectivity index (χ0v) is 9.82. The van der Waals surface area contributed by atoms with Gasteiger partial charge in [-0.2, -0.15) is 18.1 Å². The molecular weight excluding hydrogens is 251 g/mol. The topological polar surface area (TPSA) is 47.9 Å². The van der Waals surface area contributed by atoms with Gasteiger partial charge >= 0.3 is 6.18 Å². The Morgan fingerprint density at radius 2 is 1.83 bits per heavy atom. The Bertz CT molecular complexity index is 420. The van der Waals surface area contributed by atoms with E-state index in [0.717, 1.165) is 0 Å². The van der Waals surface area contributed by atoms with Gasteiger partial charge in [-0.1, -0.05) is 11.2 Å². The van der Waals surface area contributed by atoms with Crippen LogP contribution in [0.15, 0.2) is 23.4 Å². The first-order chi connectivity index (χ1) is 8.42. The zero-order chi connectivity index (χ0) is 13.8. The van der Waals surface area contributed by atoms with E-state index in [1.807, 2.05) is 0 Å². The maximum absolute atomic E-state index is 12.4. The molecule has 18 heavy (non-hydrogen) atoms. The molecule has 0 radical (unpaired) electrons.